The standard InChI is InChI=1S/C6H13NO3/c1-7-3-5-4-9-6(8-2)10-5/h5-7H,3-4H2,1-2H3. The Morgan fingerprint density at radius 2 is 2.50 bits per heavy atom. The monoisotopic (exact) mass is 147 g/mol. The average Bonchev–Trinajstić information content (AvgIpc) is 2.37. The Bertz CT molecular complexity index is 99.0. The topological polar surface area (TPSA) is 39.7 Å². The van der Waals surface area contributed by atoms with Gasteiger partial charge in [-0.15, -0.1) is 0 Å². The van der Waals surface area contributed by atoms with Crippen molar-refractivity contribution in [1.29, 1.82) is 0 Å². The van der Waals surface area contributed by atoms with E-state index in [0.29, 0.717) is 6.61 Å². The second-order valence-corrected chi connectivity index (χ2v) is 2.17. The van der Waals surface area contributed by atoms with Crippen molar-refractivity contribution in [3.63, 3.8) is 0 Å². The Kier molecular flexibility index (Phi) is 3.08. The summed E-state index contributed by atoms with van der Waals surface area (Å²) in [5.74, 6) is 0. The molecule has 2 unspecified atom stereocenters. The molecule has 0 bridgehead atoms. The van der Waals surface area contributed by atoms with Crippen molar-refractivity contribution in [2.75, 3.05) is 27.3 Å². The average molecular weight is 147 g/mol. The van der Waals surface area contributed by atoms with Gasteiger partial charge in [0.2, 0.25) is 0 Å². The predicted octanol–water partition coefficient (Wildman–Crippen LogP) is -0.449. The fourth-order valence-corrected chi connectivity index (χ4v) is 0.880. The number of nitrogens with one attached hydrogen (secondary N) is 1. The van der Waals surface area contributed by atoms with E-state index in [4.69, 9.17) is 14.2 Å². The Morgan fingerprint density at radius 3 is 3.00 bits per heavy atom. The highest BCUT2D eigenvalue weighted by Gasteiger charge is 2.24. The summed E-state index contributed by atoms with van der Waals surface area (Å²) in [4.78, 5) is 0. The van der Waals surface area contributed by atoms with Crippen LogP contribution in [0.25, 0.3) is 0 Å². The van der Waals surface area contributed by atoms with Crippen LogP contribution < -0.4 is 5.32 Å². The zero-order valence-corrected chi connectivity index (χ0v) is 6.29. The first kappa shape index (κ1) is 7.94. The molecular formula is C6H13NO3. The Morgan fingerprint density at radius 1 is 1.70 bits per heavy atom. The van der Waals surface area contributed by atoms with Gasteiger partial charge in [0.15, 0.2) is 0 Å². The SMILES string of the molecule is CNCC1COC(OC)O1. The highest BCUT2D eigenvalue weighted by molar-refractivity contribution is 4.62. The van der Waals surface area contributed by atoms with E-state index in [0.717, 1.165) is 6.54 Å². The van der Waals surface area contributed by atoms with Gasteiger partial charge in [0.1, 0.15) is 0 Å². The second kappa shape index (κ2) is 3.88. The van der Waals surface area contributed by atoms with E-state index >= 15 is 0 Å². The Labute approximate surface area is 60.4 Å². The van der Waals surface area contributed by atoms with Gasteiger partial charge in [0.25, 0.3) is 6.48 Å². The molecule has 1 rings (SSSR count). The summed E-state index contributed by atoms with van der Waals surface area (Å²) >= 11 is 0. The Balaban J connectivity index is 2.15. The molecule has 0 spiro atoms. The number of ether oxygens (including phenoxy) is 3. The third kappa shape index (κ3) is 1.91. The van der Waals surface area contributed by atoms with Crippen molar-refractivity contribution in [2.45, 2.75) is 12.6 Å². The first-order valence-corrected chi connectivity index (χ1v) is 3.31. The lowest BCUT2D eigenvalue weighted by Gasteiger charge is -2.07. The predicted molar refractivity (Wildman–Crippen MR) is 35.5 cm³/mol. The van der Waals surface area contributed by atoms with Gasteiger partial charge in [-0.05, 0) is 7.05 Å². The molecule has 60 valence electrons. The molecule has 1 fully saturated rings. The van der Waals surface area contributed by atoms with Gasteiger partial charge in [-0.2, -0.15) is 0 Å². The third-order valence-corrected chi connectivity index (χ3v) is 1.35. The molecule has 1 N–H and O–H groups in total. The molecule has 4 nitrogen and oxygen atoms in total. The molecule has 10 heavy (non-hydrogen) atoms. The minimum atomic E-state index is -0.460. The third-order valence-electron chi connectivity index (χ3n) is 1.35. The largest absolute Gasteiger partial charge is 0.333 e. The lowest BCUT2D eigenvalue weighted by atomic mass is 10.4. The molecule has 0 aromatic carbocycles. The normalized spacial score (nSPS) is 33.0. The molecule has 2 atom stereocenters. The fourth-order valence-electron chi connectivity index (χ4n) is 0.880. The maximum absolute atomic E-state index is 5.24. The molecular weight excluding hydrogens is 134 g/mol. The van der Waals surface area contributed by atoms with Gasteiger partial charge in [-0.25, -0.2) is 0 Å². The van der Waals surface area contributed by atoms with Crippen LogP contribution in [-0.2, 0) is 14.2 Å². The molecule has 0 radical (unpaired) electrons. The summed E-state index contributed by atoms with van der Waals surface area (Å²) in [6.07, 6.45) is 0.134. The van der Waals surface area contributed by atoms with Gasteiger partial charge < -0.3 is 19.5 Å². The summed E-state index contributed by atoms with van der Waals surface area (Å²) in [7, 11) is 3.44. The van der Waals surface area contributed by atoms with E-state index in [9.17, 15) is 0 Å². The van der Waals surface area contributed by atoms with Crippen LogP contribution in [0.4, 0.5) is 0 Å². The zero-order valence-electron chi connectivity index (χ0n) is 6.29. The maximum atomic E-state index is 5.24. The number of hydrogen-bond acceptors (Lipinski definition) is 4. The lowest BCUT2D eigenvalue weighted by molar-refractivity contribution is -0.222. The molecule has 1 saturated heterocycles. The van der Waals surface area contributed by atoms with Crippen molar-refractivity contribution in [3.8, 4) is 0 Å². The molecule has 0 saturated carbocycles. The van der Waals surface area contributed by atoms with Crippen LogP contribution in [0.2, 0.25) is 0 Å². The lowest BCUT2D eigenvalue weighted by Crippen LogP contribution is -2.26. The summed E-state index contributed by atoms with van der Waals surface area (Å²) in [5.41, 5.74) is 0. The molecule has 0 amide bonds. The maximum Gasteiger partial charge on any atom is 0.271 e. The molecule has 4 heteroatoms. The van der Waals surface area contributed by atoms with Crippen molar-refractivity contribution < 1.29 is 14.2 Å². The van der Waals surface area contributed by atoms with Gasteiger partial charge in [0.05, 0.1) is 12.7 Å². The van der Waals surface area contributed by atoms with Gasteiger partial charge >= 0.3 is 0 Å². The summed E-state index contributed by atoms with van der Waals surface area (Å²) in [6.45, 7) is 0.956. The van der Waals surface area contributed by atoms with Gasteiger partial charge in [-0.1, -0.05) is 0 Å². The van der Waals surface area contributed by atoms with Crippen LogP contribution in [0.3, 0.4) is 0 Å². The van der Waals surface area contributed by atoms with E-state index in [2.05, 4.69) is 5.32 Å². The first-order chi connectivity index (χ1) is 4.86. The number of likely N-dealkylation sites (N-methyl/N-ethyl adjacent to an activating group) is 1. The minimum absolute atomic E-state index is 0.134. The highest BCUT2D eigenvalue weighted by atomic mass is 16.9. The highest BCUT2D eigenvalue weighted by Crippen LogP contribution is 2.10. The molecule has 1 aliphatic heterocycles. The van der Waals surface area contributed by atoms with Crippen LogP contribution in [0, 0.1) is 0 Å². The van der Waals surface area contributed by atoms with Crippen molar-refractivity contribution >= 4 is 0 Å². The summed E-state index contributed by atoms with van der Waals surface area (Å²) in [6, 6.07) is 0. The minimum Gasteiger partial charge on any atom is -0.333 e. The van der Waals surface area contributed by atoms with Crippen molar-refractivity contribution in [1.82, 2.24) is 5.32 Å². The number of hydrogen-bond donors (Lipinski definition) is 1. The molecule has 0 aromatic rings. The van der Waals surface area contributed by atoms with E-state index in [1.807, 2.05) is 7.05 Å². The quantitative estimate of drug-likeness (QED) is 0.587. The second-order valence-electron chi connectivity index (χ2n) is 2.17. The molecule has 0 aliphatic carbocycles. The molecule has 0 aromatic heterocycles. The summed E-state index contributed by atoms with van der Waals surface area (Å²) < 4.78 is 15.1. The molecule has 1 aliphatic rings. The van der Waals surface area contributed by atoms with Crippen LogP contribution in [0.5, 0.6) is 0 Å². The van der Waals surface area contributed by atoms with Crippen LogP contribution in [-0.4, -0.2) is 39.9 Å². The number of methoxy groups -OCH3 is 1. The van der Waals surface area contributed by atoms with Crippen molar-refractivity contribution in [2.24, 2.45) is 0 Å². The van der Waals surface area contributed by atoms with E-state index in [1.165, 1.54) is 0 Å². The van der Waals surface area contributed by atoms with Gasteiger partial charge in [0, 0.05) is 13.7 Å². The van der Waals surface area contributed by atoms with Gasteiger partial charge in [-0.3, -0.25) is 0 Å². The summed E-state index contributed by atoms with van der Waals surface area (Å²) in [5, 5.41) is 2.99. The van der Waals surface area contributed by atoms with Crippen molar-refractivity contribution in [3.05, 3.63) is 0 Å². The van der Waals surface area contributed by atoms with Crippen LogP contribution in [0.15, 0.2) is 0 Å². The Hall–Kier alpha value is -0.160. The van der Waals surface area contributed by atoms with E-state index in [-0.39, 0.29) is 6.10 Å². The van der Waals surface area contributed by atoms with Crippen LogP contribution >= 0.6 is 0 Å². The van der Waals surface area contributed by atoms with Crippen LogP contribution in [0.1, 0.15) is 0 Å². The first-order valence-electron chi connectivity index (χ1n) is 3.31. The van der Waals surface area contributed by atoms with E-state index in [1.54, 1.807) is 7.11 Å². The number of rotatable bonds is 3. The smallest absolute Gasteiger partial charge is 0.271 e. The van der Waals surface area contributed by atoms with E-state index < -0.39 is 6.48 Å². The fraction of sp³-hybridized carbons (Fsp3) is 1.00. The zero-order chi connectivity index (χ0) is 7.40. The molecule has 1 heterocycles.